The molecule has 0 saturated carbocycles. The Balaban J connectivity index is 0. The average Bonchev–Trinajstić information content (AvgIpc) is 1.35. The Hall–Kier alpha value is -0.0400. The number of nitrogens with zero attached hydrogens (tertiary/aromatic N) is 1. The first-order chi connectivity index (χ1) is 2.56. The van der Waals surface area contributed by atoms with Gasteiger partial charge in [0, 0.05) is 0 Å². The summed E-state index contributed by atoms with van der Waals surface area (Å²) >= 11 is 0. The van der Waals surface area contributed by atoms with Crippen LogP contribution in [0.15, 0.2) is 0 Å². The van der Waals surface area contributed by atoms with E-state index in [9.17, 15) is 0 Å². The van der Waals surface area contributed by atoms with Crippen LogP contribution in [-0.2, 0) is 0 Å². The maximum Gasteiger partial charge on any atom is 0.0751 e. The van der Waals surface area contributed by atoms with Crippen LogP contribution in [0.25, 0.3) is 0 Å². The molecule has 0 aliphatic carbocycles. The fraction of sp³-hybridized carbons (Fsp3) is 1.00. The highest BCUT2D eigenvalue weighted by Gasteiger charge is 1.97. The lowest BCUT2D eigenvalue weighted by atomic mass is 10.6. The zero-order valence-corrected chi connectivity index (χ0v) is 5.15. The van der Waals surface area contributed by atoms with E-state index in [1.165, 1.54) is 6.54 Å². The Morgan fingerprint density at radius 1 is 1.33 bits per heavy atom. The molecule has 0 rings (SSSR count). The summed E-state index contributed by atoms with van der Waals surface area (Å²) in [7, 11) is 6.54. The molecule has 40 valence electrons. The second-order valence-electron chi connectivity index (χ2n) is 2.61. The third-order valence-electron chi connectivity index (χ3n) is 0.949. The van der Waals surface area contributed by atoms with Gasteiger partial charge in [0.2, 0.25) is 0 Å². The van der Waals surface area contributed by atoms with E-state index in [0.29, 0.717) is 0 Å². The minimum Gasteiger partial charge on any atom is -1.00 e. The van der Waals surface area contributed by atoms with Crippen LogP contribution in [0, 0.1) is 0 Å². The minimum atomic E-state index is 0. The van der Waals surface area contributed by atoms with E-state index in [1.807, 2.05) is 0 Å². The van der Waals surface area contributed by atoms with E-state index in [0.717, 1.165) is 4.48 Å². The lowest BCUT2D eigenvalue weighted by Crippen LogP contribution is -2.33. The van der Waals surface area contributed by atoms with Gasteiger partial charge in [-0.25, -0.2) is 0 Å². The van der Waals surface area contributed by atoms with Gasteiger partial charge >= 0.3 is 0 Å². The second-order valence-corrected chi connectivity index (χ2v) is 2.61. The maximum atomic E-state index is 2.18. The molecule has 0 fully saturated rings. The highest BCUT2D eigenvalue weighted by atomic mass is 15.3. The molecule has 0 aromatic carbocycles. The van der Waals surface area contributed by atoms with Crippen molar-refractivity contribution in [2.45, 2.75) is 6.92 Å². The minimum absolute atomic E-state index is 0. The molecule has 0 spiro atoms. The molecule has 0 saturated heterocycles. The number of quaternary nitrogens is 1. The van der Waals surface area contributed by atoms with Crippen molar-refractivity contribution in [3.63, 3.8) is 0 Å². The Morgan fingerprint density at radius 3 is 1.50 bits per heavy atom. The molecule has 0 atom stereocenters. The van der Waals surface area contributed by atoms with E-state index < -0.39 is 0 Å². The van der Waals surface area contributed by atoms with E-state index >= 15 is 0 Å². The van der Waals surface area contributed by atoms with Crippen LogP contribution in [0.5, 0.6) is 0 Å². The van der Waals surface area contributed by atoms with E-state index in [4.69, 9.17) is 0 Å². The van der Waals surface area contributed by atoms with Crippen molar-refractivity contribution in [2.75, 3.05) is 27.7 Å². The summed E-state index contributed by atoms with van der Waals surface area (Å²) in [5, 5.41) is 0. The molecule has 0 N–H and O–H groups in total. The van der Waals surface area contributed by atoms with Crippen LogP contribution < -0.4 is 0 Å². The smallest absolute Gasteiger partial charge is 0.0751 e. The second kappa shape index (κ2) is 1.61. The largest absolute Gasteiger partial charge is 1.00 e. The van der Waals surface area contributed by atoms with Crippen molar-refractivity contribution < 1.29 is 5.91 Å². The predicted octanol–water partition coefficient (Wildman–Crippen LogP) is 0.825. The molecule has 0 amide bonds. The topological polar surface area (TPSA) is 0 Å². The Morgan fingerprint density at radius 2 is 1.50 bits per heavy atom. The van der Waals surface area contributed by atoms with Gasteiger partial charge < -0.3 is 5.91 Å². The lowest BCUT2D eigenvalue weighted by Gasteiger charge is -2.20. The summed E-state index contributed by atoms with van der Waals surface area (Å²) in [6.07, 6.45) is 0. The molecule has 0 aliphatic heterocycles. The summed E-state index contributed by atoms with van der Waals surface area (Å²) in [6.45, 7) is 3.39. The van der Waals surface area contributed by atoms with Gasteiger partial charge in [0.25, 0.3) is 0 Å². The zero-order chi connectivity index (χ0) is 5.21. The molecule has 0 bridgehead atoms. The van der Waals surface area contributed by atoms with Crippen LogP contribution >= 0.6 is 0 Å². The predicted molar refractivity (Wildman–Crippen MR) is 29.7 cm³/mol. The molecule has 0 radical (unpaired) electrons. The van der Waals surface area contributed by atoms with Crippen molar-refractivity contribution >= 4 is 0 Å². The third-order valence-corrected chi connectivity index (χ3v) is 0.949. The first kappa shape index (κ1) is 5.96. The van der Waals surface area contributed by atoms with Gasteiger partial charge in [-0.1, -0.05) is 0 Å². The standard InChI is InChI=1S/C5H14N.H/c1-5-6(2,3)4;/h5H2,1-4H3;/q+1;-1. The van der Waals surface area contributed by atoms with Crippen molar-refractivity contribution in [2.24, 2.45) is 0 Å². The SMILES string of the molecule is CC[N+](C)(C)C.[H-]. The summed E-state index contributed by atoms with van der Waals surface area (Å²) in [5.41, 5.74) is 0. The van der Waals surface area contributed by atoms with Gasteiger partial charge in [-0.2, -0.15) is 0 Å². The Bertz CT molecular complexity index is 37.8. The molecule has 0 aromatic rings. The number of hydrogen-bond donors (Lipinski definition) is 0. The van der Waals surface area contributed by atoms with E-state index in [1.54, 1.807) is 0 Å². The van der Waals surface area contributed by atoms with E-state index in [2.05, 4.69) is 28.1 Å². The van der Waals surface area contributed by atoms with Crippen molar-refractivity contribution in [1.29, 1.82) is 0 Å². The van der Waals surface area contributed by atoms with Gasteiger partial charge in [0.1, 0.15) is 0 Å². The van der Waals surface area contributed by atoms with Crippen molar-refractivity contribution in [1.82, 2.24) is 0 Å². The molecule has 6 heavy (non-hydrogen) atoms. The van der Waals surface area contributed by atoms with Crippen LogP contribution in [-0.4, -0.2) is 32.2 Å². The normalized spacial score (nSPS) is 12.0. The van der Waals surface area contributed by atoms with Crippen LogP contribution in [0.4, 0.5) is 0 Å². The van der Waals surface area contributed by atoms with Crippen molar-refractivity contribution in [3.8, 4) is 0 Å². The van der Waals surface area contributed by atoms with E-state index in [-0.39, 0.29) is 1.43 Å². The Kier molecular flexibility index (Phi) is 1.59. The fourth-order valence-electron chi connectivity index (χ4n) is 0. The molecular weight excluding hydrogens is 74.1 g/mol. The van der Waals surface area contributed by atoms with Gasteiger partial charge in [0.15, 0.2) is 0 Å². The maximum absolute atomic E-state index is 2.18. The van der Waals surface area contributed by atoms with Gasteiger partial charge in [0.05, 0.1) is 27.7 Å². The molecule has 0 unspecified atom stereocenters. The summed E-state index contributed by atoms with van der Waals surface area (Å²) in [6, 6.07) is 0. The van der Waals surface area contributed by atoms with Gasteiger partial charge in [-0.3, -0.25) is 0 Å². The molecule has 0 heterocycles. The quantitative estimate of drug-likeness (QED) is 0.417. The van der Waals surface area contributed by atoms with Crippen LogP contribution in [0.1, 0.15) is 8.35 Å². The fourth-order valence-corrected chi connectivity index (χ4v) is 0. The highest BCUT2D eigenvalue weighted by molar-refractivity contribution is 4.06. The van der Waals surface area contributed by atoms with Crippen molar-refractivity contribution in [3.05, 3.63) is 0 Å². The van der Waals surface area contributed by atoms with Gasteiger partial charge in [-0.15, -0.1) is 0 Å². The summed E-state index contributed by atoms with van der Waals surface area (Å²) in [5.74, 6) is 0. The van der Waals surface area contributed by atoms with Crippen LogP contribution in [0.2, 0.25) is 0 Å². The number of hydrogen-bond acceptors (Lipinski definition) is 0. The van der Waals surface area contributed by atoms with Gasteiger partial charge in [-0.05, 0) is 6.92 Å². The highest BCUT2D eigenvalue weighted by Crippen LogP contribution is 1.83. The number of rotatable bonds is 1. The first-order valence-corrected chi connectivity index (χ1v) is 2.36. The molecule has 1 nitrogen and oxygen atoms in total. The summed E-state index contributed by atoms with van der Waals surface area (Å²) < 4.78 is 1.07. The average molecular weight is 89.2 g/mol. The zero-order valence-electron chi connectivity index (χ0n) is 6.15. The summed E-state index contributed by atoms with van der Waals surface area (Å²) in [4.78, 5) is 0. The molecule has 0 aliphatic rings. The molecular formula is C5H15N. The first-order valence-electron chi connectivity index (χ1n) is 2.36. The molecule has 1 heteroatoms. The van der Waals surface area contributed by atoms with Crippen LogP contribution in [0.3, 0.4) is 0 Å². The monoisotopic (exact) mass is 89.1 g/mol. The lowest BCUT2D eigenvalue weighted by molar-refractivity contribution is -0.868. The third kappa shape index (κ3) is 3.96. The Labute approximate surface area is 41.7 Å². The molecule has 0 aromatic heterocycles.